The number of hydrogen-bond acceptors (Lipinski definition) is 6. The van der Waals surface area contributed by atoms with Gasteiger partial charge in [-0.3, -0.25) is 4.79 Å². The fourth-order valence-corrected chi connectivity index (χ4v) is 4.61. The summed E-state index contributed by atoms with van der Waals surface area (Å²) in [4.78, 5) is 14.0. The Hall–Kier alpha value is -3.05. The number of fused-ring (bicyclic) bond motifs is 1. The third-order valence-electron chi connectivity index (χ3n) is 4.72. The number of nitrogens with one attached hydrogen (secondary N) is 1. The number of thiophene rings is 1. The van der Waals surface area contributed by atoms with Gasteiger partial charge in [-0.15, -0.1) is 16.4 Å². The number of aromatic nitrogens is 4. The molecule has 27 heavy (non-hydrogen) atoms. The van der Waals surface area contributed by atoms with Crippen LogP contribution >= 0.6 is 11.3 Å². The maximum Gasteiger partial charge on any atom is 0.256 e. The number of nitriles is 1. The van der Waals surface area contributed by atoms with Gasteiger partial charge in [0.15, 0.2) is 5.82 Å². The molecular formula is C19H18N6OS. The van der Waals surface area contributed by atoms with Gasteiger partial charge in [-0.05, 0) is 60.7 Å². The standard InChI is InChI=1S/C19H18N6OS/c1-2-25-17(22-23-24-25)12-6-5-7-13(10-12)18(26)21-19-15(11-20)14-8-3-4-9-16(14)27-19/h5-7,10H,2-4,8-9H2,1H3,(H,21,26). The zero-order valence-electron chi connectivity index (χ0n) is 14.9. The van der Waals surface area contributed by atoms with Crippen LogP contribution in [0.5, 0.6) is 0 Å². The van der Waals surface area contributed by atoms with Crippen molar-refractivity contribution in [3.8, 4) is 17.5 Å². The number of tetrazole rings is 1. The quantitative estimate of drug-likeness (QED) is 0.750. The van der Waals surface area contributed by atoms with Crippen LogP contribution < -0.4 is 5.32 Å². The molecule has 1 N–H and O–H groups in total. The van der Waals surface area contributed by atoms with Gasteiger partial charge < -0.3 is 5.32 Å². The van der Waals surface area contributed by atoms with E-state index in [0.717, 1.165) is 36.8 Å². The smallest absolute Gasteiger partial charge is 0.256 e. The second kappa shape index (κ2) is 7.29. The molecule has 0 spiro atoms. The van der Waals surface area contributed by atoms with Crippen LogP contribution in [0.3, 0.4) is 0 Å². The van der Waals surface area contributed by atoms with E-state index in [2.05, 4.69) is 26.9 Å². The average molecular weight is 378 g/mol. The van der Waals surface area contributed by atoms with Crippen molar-refractivity contribution in [3.05, 3.63) is 45.8 Å². The first kappa shape index (κ1) is 17.4. The third kappa shape index (κ3) is 3.22. The second-order valence-corrected chi connectivity index (χ2v) is 7.49. The zero-order valence-corrected chi connectivity index (χ0v) is 15.7. The highest BCUT2D eigenvalue weighted by Gasteiger charge is 2.22. The van der Waals surface area contributed by atoms with Crippen LogP contribution in [-0.4, -0.2) is 26.1 Å². The first-order valence-corrected chi connectivity index (χ1v) is 9.75. The van der Waals surface area contributed by atoms with Crippen molar-refractivity contribution in [2.24, 2.45) is 0 Å². The summed E-state index contributed by atoms with van der Waals surface area (Å²) in [5.41, 5.74) is 3.02. The van der Waals surface area contributed by atoms with E-state index in [1.54, 1.807) is 16.8 Å². The van der Waals surface area contributed by atoms with E-state index in [-0.39, 0.29) is 5.91 Å². The Labute approximate surface area is 160 Å². The molecule has 0 saturated carbocycles. The largest absolute Gasteiger partial charge is 0.312 e. The normalized spacial score (nSPS) is 13.0. The van der Waals surface area contributed by atoms with Crippen LogP contribution in [0.2, 0.25) is 0 Å². The van der Waals surface area contributed by atoms with Crippen molar-refractivity contribution in [2.75, 3.05) is 5.32 Å². The third-order valence-corrected chi connectivity index (χ3v) is 5.93. The summed E-state index contributed by atoms with van der Waals surface area (Å²) < 4.78 is 1.68. The first-order chi connectivity index (χ1) is 13.2. The Morgan fingerprint density at radius 1 is 1.37 bits per heavy atom. The zero-order chi connectivity index (χ0) is 18.8. The van der Waals surface area contributed by atoms with E-state index in [4.69, 9.17) is 0 Å². The Kier molecular flexibility index (Phi) is 4.69. The number of amides is 1. The number of benzene rings is 1. The number of hydrogen-bond donors (Lipinski definition) is 1. The SMILES string of the molecule is CCn1nnnc1-c1cccc(C(=O)Nc2sc3c(c2C#N)CCCC3)c1. The maximum absolute atomic E-state index is 12.8. The van der Waals surface area contributed by atoms with Crippen LogP contribution in [0.15, 0.2) is 24.3 Å². The molecule has 0 saturated heterocycles. The monoisotopic (exact) mass is 378 g/mol. The minimum Gasteiger partial charge on any atom is -0.312 e. The molecule has 2 aromatic heterocycles. The molecule has 0 atom stereocenters. The molecule has 1 aliphatic carbocycles. The molecule has 1 aromatic carbocycles. The summed E-state index contributed by atoms with van der Waals surface area (Å²) >= 11 is 1.53. The Morgan fingerprint density at radius 3 is 3.04 bits per heavy atom. The summed E-state index contributed by atoms with van der Waals surface area (Å²) in [6, 6.07) is 9.48. The second-order valence-electron chi connectivity index (χ2n) is 6.38. The molecule has 1 aliphatic rings. The molecule has 0 bridgehead atoms. The van der Waals surface area contributed by atoms with Crippen LogP contribution in [0.4, 0.5) is 5.00 Å². The lowest BCUT2D eigenvalue weighted by molar-refractivity contribution is 0.102. The molecule has 8 heteroatoms. The summed E-state index contributed by atoms with van der Waals surface area (Å²) in [6.45, 7) is 2.60. The highest BCUT2D eigenvalue weighted by molar-refractivity contribution is 7.16. The minimum atomic E-state index is -0.234. The number of anilines is 1. The molecule has 1 amide bonds. The van der Waals surface area contributed by atoms with Gasteiger partial charge in [0, 0.05) is 22.5 Å². The molecule has 136 valence electrons. The van der Waals surface area contributed by atoms with Crippen molar-refractivity contribution in [1.29, 1.82) is 5.26 Å². The van der Waals surface area contributed by atoms with Crippen molar-refractivity contribution >= 4 is 22.2 Å². The highest BCUT2D eigenvalue weighted by Crippen LogP contribution is 2.37. The number of aryl methyl sites for hydroxylation is 2. The fraction of sp³-hybridized carbons (Fsp3) is 0.316. The summed E-state index contributed by atoms with van der Waals surface area (Å²) in [5, 5.41) is 24.8. The maximum atomic E-state index is 12.8. The van der Waals surface area contributed by atoms with Gasteiger partial charge >= 0.3 is 0 Å². The number of nitrogens with zero attached hydrogens (tertiary/aromatic N) is 5. The van der Waals surface area contributed by atoms with E-state index >= 15 is 0 Å². The predicted octanol–water partition coefficient (Wildman–Crippen LogP) is 3.42. The van der Waals surface area contributed by atoms with Crippen LogP contribution in [0.1, 0.15) is 46.1 Å². The number of carbonyl (C=O) groups is 1. The fourth-order valence-electron chi connectivity index (χ4n) is 3.37. The Bertz CT molecular complexity index is 1040. The van der Waals surface area contributed by atoms with E-state index in [9.17, 15) is 10.1 Å². The molecule has 0 fully saturated rings. The molecule has 0 aliphatic heterocycles. The summed E-state index contributed by atoms with van der Waals surface area (Å²) in [7, 11) is 0. The molecule has 0 radical (unpaired) electrons. The Morgan fingerprint density at radius 2 is 2.22 bits per heavy atom. The van der Waals surface area contributed by atoms with Crippen molar-refractivity contribution in [1.82, 2.24) is 20.2 Å². The lowest BCUT2D eigenvalue weighted by Crippen LogP contribution is -2.12. The molecular weight excluding hydrogens is 360 g/mol. The number of carbonyl (C=O) groups excluding carboxylic acids is 1. The van der Waals surface area contributed by atoms with Gasteiger partial charge in [-0.2, -0.15) is 5.26 Å². The summed E-state index contributed by atoms with van der Waals surface area (Å²) in [6.07, 6.45) is 4.14. The van der Waals surface area contributed by atoms with Gasteiger partial charge in [0.1, 0.15) is 11.1 Å². The molecule has 7 nitrogen and oxygen atoms in total. The molecule has 0 unspecified atom stereocenters. The van der Waals surface area contributed by atoms with Gasteiger partial charge in [0.05, 0.1) is 5.56 Å². The highest BCUT2D eigenvalue weighted by atomic mass is 32.1. The number of rotatable bonds is 4. The molecule has 3 aromatic rings. The van der Waals surface area contributed by atoms with Crippen LogP contribution in [-0.2, 0) is 19.4 Å². The lowest BCUT2D eigenvalue weighted by Gasteiger charge is -2.09. The van der Waals surface area contributed by atoms with E-state index in [0.29, 0.717) is 28.5 Å². The minimum absolute atomic E-state index is 0.234. The summed E-state index contributed by atoms with van der Waals surface area (Å²) in [5.74, 6) is 0.388. The average Bonchev–Trinajstić information content (AvgIpc) is 3.31. The predicted molar refractivity (Wildman–Crippen MR) is 103 cm³/mol. The van der Waals surface area contributed by atoms with Gasteiger partial charge in [0.2, 0.25) is 0 Å². The van der Waals surface area contributed by atoms with E-state index < -0.39 is 0 Å². The van der Waals surface area contributed by atoms with Gasteiger partial charge in [-0.1, -0.05) is 12.1 Å². The lowest BCUT2D eigenvalue weighted by atomic mass is 9.96. The van der Waals surface area contributed by atoms with Crippen LogP contribution in [0, 0.1) is 11.3 Å². The van der Waals surface area contributed by atoms with Crippen LogP contribution in [0.25, 0.3) is 11.4 Å². The topological polar surface area (TPSA) is 96.5 Å². The van der Waals surface area contributed by atoms with Crippen molar-refractivity contribution in [2.45, 2.75) is 39.2 Å². The first-order valence-electron chi connectivity index (χ1n) is 8.94. The van der Waals surface area contributed by atoms with Gasteiger partial charge in [0.25, 0.3) is 5.91 Å². The molecule has 2 heterocycles. The Balaban J connectivity index is 1.62. The van der Waals surface area contributed by atoms with E-state index in [1.807, 2.05) is 19.1 Å². The van der Waals surface area contributed by atoms with Crippen molar-refractivity contribution < 1.29 is 4.79 Å². The molecule has 4 rings (SSSR count). The van der Waals surface area contributed by atoms with Crippen molar-refractivity contribution in [3.63, 3.8) is 0 Å². The van der Waals surface area contributed by atoms with Gasteiger partial charge in [-0.25, -0.2) is 4.68 Å². The van der Waals surface area contributed by atoms with E-state index in [1.165, 1.54) is 16.2 Å².